The normalized spacial score (nSPS) is 12.9. The van der Waals surface area contributed by atoms with E-state index in [1.807, 2.05) is 0 Å². The molecule has 0 N–H and O–H groups in total. The Hall–Kier alpha value is -4.19. The van der Waals surface area contributed by atoms with Crippen LogP contribution in [0.4, 0.5) is 0 Å². The standard InChI is InChI=1S/C77H130O6/c1-4-7-10-13-15-17-19-21-23-25-27-29-31-33-35-36-37-38-39-40-42-43-45-47-49-51-53-55-57-59-61-64-67-70-76(79)82-73-74(72-81-75(78)69-66-63-12-9-6-3)83-77(80)71-68-65-62-60-58-56-54-52-50-48-46-44-41-34-32-30-28-26-24-22-20-18-16-14-11-8-5-2/h7-8,10-11,15-18,21-24,27-30,33,35,37-38,74H,4-6,9,12-14,19-20,25-26,31-32,34,36,39-73H2,1-3H3/b10-7-,11-8-,17-15-,18-16-,23-21-,24-22-,29-27-,30-28-,35-33-,38-37-. The summed E-state index contributed by atoms with van der Waals surface area (Å²) < 4.78 is 16.8. The van der Waals surface area contributed by atoms with E-state index in [1.54, 1.807) is 0 Å². The van der Waals surface area contributed by atoms with E-state index in [-0.39, 0.29) is 31.1 Å². The zero-order chi connectivity index (χ0) is 59.9. The number of hydrogen-bond acceptors (Lipinski definition) is 6. The van der Waals surface area contributed by atoms with Crippen molar-refractivity contribution in [1.29, 1.82) is 0 Å². The van der Waals surface area contributed by atoms with Gasteiger partial charge in [0.1, 0.15) is 13.2 Å². The second-order valence-corrected chi connectivity index (χ2v) is 23.0. The summed E-state index contributed by atoms with van der Waals surface area (Å²) in [7, 11) is 0. The molecule has 83 heavy (non-hydrogen) atoms. The minimum absolute atomic E-state index is 0.0767. The number of rotatable bonds is 63. The molecule has 6 nitrogen and oxygen atoms in total. The lowest BCUT2D eigenvalue weighted by Crippen LogP contribution is -2.30. The minimum atomic E-state index is -0.776. The molecular weight excluding hydrogens is 1020 g/mol. The maximum atomic E-state index is 12.9. The first-order valence-corrected chi connectivity index (χ1v) is 35.0. The summed E-state index contributed by atoms with van der Waals surface area (Å²) in [5, 5.41) is 0. The van der Waals surface area contributed by atoms with E-state index >= 15 is 0 Å². The van der Waals surface area contributed by atoms with Gasteiger partial charge in [0.25, 0.3) is 0 Å². The van der Waals surface area contributed by atoms with Crippen molar-refractivity contribution in [2.45, 2.75) is 335 Å². The van der Waals surface area contributed by atoms with Gasteiger partial charge >= 0.3 is 17.9 Å². The van der Waals surface area contributed by atoms with Crippen molar-refractivity contribution in [3.8, 4) is 0 Å². The van der Waals surface area contributed by atoms with Crippen LogP contribution in [0.2, 0.25) is 0 Å². The summed E-state index contributed by atoms with van der Waals surface area (Å²) in [5.41, 5.74) is 0. The highest BCUT2D eigenvalue weighted by molar-refractivity contribution is 5.71. The van der Waals surface area contributed by atoms with Gasteiger partial charge in [-0.05, 0) is 109 Å². The van der Waals surface area contributed by atoms with Gasteiger partial charge in [-0.2, -0.15) is 0 Å². The zero-order valence-corrected chi connectivity index (χ0v) is 54.4. The number of hydrogen-bond donors (Lipinski definition) is 0. The predicted molar refractivity (Wildman–Crippen MR) is 362 cm³/mol. The topological polar surface area (TPSA) is 78.9 Å². The van der Waals surface area contributed by atoms with Crippen LogP contribution in [0.3, 0.4) is 0 Å². The molecule has 0 rings (SSSR count). The fourth-order valence-electron chi connectivity index (χ4n) is 9.79. The van der Waals surface area contributed by atoms with Gasteiger partial charge in [-0.25, -0.2) is 0 Å². The van der Waals surface area contributed by atoms with Crippen molar-refractivity contribution in [2.75, 3.05) is 13.2 Å². The van der Waals surface area contributed by atoms with Gasteiger partial charge in [0.05, 0.1) is 0 Å². The van der Waals surface area contributed by atoms with Gasteiger partial charge in [-0.3, -0.25) is 14.4 Å². The van der Waals surface area contributed by atoms with E-state index in [1.165, 1.54) is 161 Å². The van der Waals surface area contributed by atoms with Gasteiger partial charge in [0.2, 0.25) is 0 Å². The van der Waals surface area contributed by atoms with Gasteiger partial charge in [-0.15, -0.1) is 0 Å². The average molecular weight is 1150 g/mol. The molecule has 0 radical (unpaired) electrons. The number of esters is 3. The van der Waals surface area contributed by atoms with E-state index < -0.39 is 6.10 Å². The number of carbonyl (C=O) groups is 3. The maximum absolute atomic E-state index is 12.9. The molecule has 0 saturated heterocycles. The Balaban J connectivity index is 3.98. The third kappa shape index (κ3) is 68.5. The fraction of sp³-hybridized carbons (Fsp3) is 0.701. The number of allylic oxidation sites excluding steroid dienone is 20. The van der Waals surface area contributed by atoms with Crippen LogP contribution in [0, 0.1) is 0 Å². The number of carbonyl (C=O) groups excluding carboxylic acids is 3. The fourth-order valence-corrected chi connectivity index (χ4v) is 9.79. The average Bonchev–Trinajstić information content (AvgIpc) is 3.49. The molecule has 0 spiro atoms. The monoisotopic (exact) mass is 1150 g/mol. The highest BCUT2D eigenvalue weighted by atomic mass is 16.6. The van der Waals surface area contributed by atoms with E-state index in [9.17, 15) is 14.4 Å². The molecule has 0 aromatic rings. The molecule has 0 aliphatic carbocycles. The largest absolute Gasteiger partial charge is 0.462 e. The van der Waals surface area contributed by atoms with Crippen LogP contribution >= 0.6 is 0 Å². The van der Waals surface area contributed by atoms with Crippen molar-refractivity contribution < 1.29 is 28.6 Å². The van der Waals surface area contributed by atoms with Crippen LogP contribution in [-0.2, 0) is 28.6 Å². The van der Waals surface area contributed by atoms with Crippen LogP contribution < -0.4 is 0 Å². The second kappa shape index (κ2) is 70.3. The summed E-state index contributed by atoms with van der Waals surface area (Å²) in [4.78, 5) is 38.0. The molecular formula is C77H130O6. The Morgan fingerprint density at radius 1 is 0.253 bits per heavy atom. The van der Waals surface area contributed by atoms with Crippen molar-refractivity contribution in [3.05, 3.63) is 122 Å². The van der Waals surface area contributed by atoms with Crippen LogP contribution in [0.25, 0.3) is 0 Å². The smallest absolute Gasteiger partial charge is 0.306 e. The molecule has 0 aromatic carbocycles. The van der Waals surface area contributed by atoms with Gasteiger partial charge in [0, 0.05) is 19.3 Å². The molecule has 0 aliphatic heterocycles. The summed E-state index contributed by atoms with van der Waals surface area (Å²) in [6, 6.07) is 0. The highest BCUT2D eigenvalue weighted by Crippen LogP contribution is 2.17. The Morgan fingerprint density at radius 2 is 0.470 bits per heavy atom. The van der Waals surface area contributed by atoms with E-state index in [2.05, 4.69) is 142 Å². The van der Waals surface area contributed by atoms with Crippen molar-refractivity contribution in [1.82, 2.24) is 0 Å². The summed E-state index contributed by atoms with van der Waals surface area (Å²) >= 11 is 0. The molecule has 0 aromatic heterocycles. The number of ether oxygens (including phenoxy) is 3. The molecule has 1 unspecified atom stereocenters. The highest BCUT2D eigenvalue weighted by Gasteiger charge is 2.19. The second-order valence-electron chi connectivity index (χ2n) is 23.0. The lowest BCUT2D eigenvalue weighted by Gasteiger charge is -2.18. The van der Waals surface area contributed by atoms with E-state index in [0.717, 1.165) is 128 Å². The maximum Gasteiger partial charge on any atom is 0.306 e. The summed E-state index contributed by atoms with van der Waals surface area (Å²) in [6.45, 7) is 6.36. The molecule has 0 amide bonds. The Morgan fingerprint density at radius 3 is 0.735 bits per heavy atom. The Labute approximate surface area is 513 Å². The summed E-state index contributed by atoms with van der Waals surface area (Å²) in [6.07, 6.45) is 98.5. The Bertz CT molecular complexity index is 1700. The van der Waals surface area contributed by atoms with Gasteiger partial charge < -0.3 is 14.2 Å². The zero-order valence-electron chi connectivity index (χ0n) is 54.4. The third-order valence-corrected chi connectivity index (χ3v) is 15.0. The molecule has 0 fully saturated rings. The van der Waals surface area contributed by atoms with Crippen molar-refractivity contribution in [2.24, 2.45) is 0 Å². The quantitative estimate of drug-likeness (QED) is 0.0261. The lowest BCUT2D eigenvalue weighted by atomic mass is 10.0. The SMILES string of the molecule is CC/C=C\C/C=C\C/C=C\C/C=C\C/C=C\C/C=C\CCCCCCCCCCCCCCCCC(=O)OCC(COC(=O)CCCCCCC)OC(=O)CCCCCCCCCCCCCCCC/C=C\C/C=C\C/C=C\C/C=C\CC. The van der Waals surface area contributed by atoms with Crippen LogP contribution in [-0.4, -0.2) is 37.2 Å². The van der Waals surface area contributed by atoms with Crippen molar-refractivity contribution in [3.63, 3.8) is 0 Å². The van der Waals surface area contributed by atoms with E-state index in [4.69, 9.17) is 14.2 Å². The van der Waals surface area contributed by atoms with Gasteiger partial charge in [0.15, 0.2) is 6.10 Å². The molecule has 0 aliphatic rings. The lowest BCUT2D eigenvalue weighted by molar-refractivity contribution is -0.167. The molecule has 474 valence electrons. The van der Waals surface area contributed by atoms with Crippen LogP contribution in [0.5, 0.6) is 0 Å². The first-order valence-electron chi connectivity index (χ1n) is 35.0. The Kier molecular flexibility index (Phi) is 66.7. The molecule has 1 atom stereocenters. The molecule has 0 heterocycles. The summed E-state index contributed by atoms with van der Waals surface area (Å²) in [5.74, 6) is -0.882. The third-order valence-electron chi connectivity index (χ3n) is 15.0. The molecule has 6 heteroatoms. The first-order chi connectivity index (χ1) is 41.0. The first kappa shape index (κ1) is 78.8. The van der Waals surface area contributed by atoms with Gasteiger partial charge in [-0.1, -0.05) is 322 Å². The van der Waals surface area contributed by atoms with E-state index in [0.29, 0.717) is 19.3 Å². The van der Waals surface area contributed by atoms with Crippen LogP contribution in [0.1, 0.15) is 329 Å². The number of unbranched alkanes of at least 4 members (excludes halogenated alkanes) is 32. The molecule has 0 bridgehead atoms. The predicted octanol–water partition coefficient (Wildman–Crippen LogP) is 24.3. The minimum Gasteiger partial charge on any atom is -0.462 e. The molecule has 0 saturated carbocycles. The van der Waals surface area contributed by atoms with Crippen LogP contribution in [0.15, 0.2) is 122 Å². The van der Waals surface area contributed by atoms with Crippen molar-refractivity contribution >= 4 is 17.9 Å².